The average Bonchev–Trinajstić information content (AvgIpc) is 2.76. The Morgan fingerprint density at radius 2 is 2.22 bits per heavy atom. The van der Waals surface area contributed by atoms with Crippen LogP contribution >= 0.6 is 38.9 Å². The van der Waals surface area contributed by atoms with Gasteiger partial charge in [0, 0.05) is 26.5 Å². The maximum absolute atomic E-state index is 10.7. The van der Waals surface area contributed by atoms with Crippen molar-refractivity contribution in [2.45, 2.75) is 6.61 Å². The number of thiophene rings is 1. The molecule has 0 saturated carbocycles. The molecule has 0 saturated heterocycles. The van der Waals surface area contributed by atoms with Crippen LogP contribution in [0.15, 0.2) is 34.1 Å². The molecule has 0 radical (unpaired) electrons. The number of halogens is 2. The largest absolute Gasteiger partial charge is 0.488 e. The third kappa shape index (κ3) is 3.25. The van der Waals surface area contributed by atoms with Crippen molar-refractivity contribution in [1.82, 2.24) is 0 Å². The van der Waals surface area contributed by atoms with E-state index in [1.165, 1.54) is 6.07 Å². The molecule has 0 unspecified atom stereocenters. The Morgan fingerprint density at radius 3 is 2.83 bits per heavy atom. The molecule has 1 N–H and O–H groups in total. The Labute approximate surface area is 121 Å². The van der Waals surface area contributed by atoms with E-state index in [-0.39, 0.29) is 4.88 Å². The van der Waals surface area contributed by atoms with E-state index in [0.29, 0.717) is 17.4 Å². The predicted molar refractivity (Wildman–Crippen MR) is 74.8 cm³/mol. The van der Waals surface area contributed by atoms with Crippen molar-refractivity contribution in [3.63, 3.8) is 0 Å². The summed E-state index contributed by atoms with van der Waals surface area (Å²) in [7, 11) is 0. The van der Waals surface area contributed by atoms with Crippen molar-refractivity contribution in [3.05, 3.63) is 49.6 Å². The molecule has 0 fully saturated rings. The van der Waals surface area contributed by atoms with Gasteiger partial charge in [0.2, 0.25) is 0 Å². The molecule has 18 heavy (non-hydrogen) atoms. The normalized spacial score (nSPS) is 10.3. The fourth-order valence-corrected chi connectivity index (χ4v) is 2.70. The van der Waals surface area contributed by atoms with Gasteiger partial charge in [-0.25, -0.2) is 4.79 Å². The summed E-state index contributed by atoms with van der Waals surface area (Å²) in [5, 5.41) is 11.1. The first-order valence-corrected chi connectivity index (χ1v) is 7.00. The second-order valence-electron chi connectivity index (χ2n) is 3.48. The summed E-state index contributed by atoms with van der Waals surface area (Å²) in [6.45, 7) is 0.307. The summed E-state index contributed by atoms with van der Waals surface area (Å²) in [5.41, 5.74) is 0.850. The van der Waals surface area contributed by atoms with Crippen LogP contribution in [0, 0.1) is 0 Å². The van der Waals surface area contributed by atoms with Gasteiger partial charge in [-0.15, -0.1) is 11.3 Å². The number of carboxylic acids is 1. The third-order valence-corrected chi connectivity index (χ3v) is 3.94. The SMILES string of the molecule is O=C(O)c1cc(OCc2ccc(Br)cc2Cl)cs1. The molecule has 1 aromatic heterocycles. The molecule has 0 bridgehead atoms. The van der Waals surface area contributed by atoms with Crippen molar-refractivity contribution < 1.29 is 14.6 Å². The van der Waals surface area contributed by atoms with Crippen LogP contribution < -0.4 is 4.74 Å². The van der Waals surface area contributed by atoms with Crippen molar-refractivity contribution in [2.75, 3.05) is 0 Å². The van der Waals surface area contributed by atoms with Crippen molar-refractivity contribution >= 4 is 44.8 Å². The summed E-state index contributed by atoms with van der Waals surface area (Å²) in [6.07, 6.45) is 0. The molecular weight excluding hydrogens is 340 g/mol. The number of benzene rings is 1. The number of ether oxygens (including phenoxy) is 1. The molecule has 0 aliphatic heterocycles. The molecule has 1 heterocycles. The average molecular weight is 348 g/mol. The van der Waals surface area contributed by atoms with Crippen LogP contribution in [0.4, 0.5) is 0 Å². The molecule has 6 heteroatoms. The fourth-order valence-electron chi connectivity index (χ4n) is 1.31. The number of carboxylic acid groups (broad SMARTS) is 1. The lowest BCUT2D eigenvalue weighted by Crippen LogP contribution is -1.96. The van der Waals surface area contributed by atoms with E-state index in [0.717, 1.165) is 21.4 Å². The zero-order valence-electron chi connectivity index (χ0n) is 9.02. The summed E-state index contributed by atoms with van der Waals surface area (Å²) in [6, 6.07) is 7.02. The van der Waals surface area contributed by atoms with Crippen LogP contribution in [0.1, 0.15) is 15.2 Å². The summed E-state index contributed by atoms with van der Waals surface area (Å²) in [5.74, 6) is -0.409. The minimum Gasteiger partial charge on any atom is -0.488 e. The molecule has 2 rings (SSSR count). The van der Waals surface area contributed by atoms with Gasteiger partial charge in [-0.05, 0) is 12.1 Å². The molecule has 3 nitrogen and oxygen atoms in total. The Morgan fingerprint density at radius 1 is 1.44 bits per heavy atom. The molecule has 0 spiro atoms. The van der Waals surface area contributed by atoms with Crippen LogP contribution in [0.3, 0.4) is 0 Å². The number of hydrogen-bond acceptors (Lipinski definition) is 3. The zero-order chi connectivity index (χ0) is 13.1. The minimum atomic E-state index is -0.948. The van der Waals surface area contributed by atoms with E-state index >= 15 is 0 Å². The van der Waals surface area contributed by atoms with E-state index < -0.39 is 5.97 Å². The molecule has 0 atom stereocenters. The molecular formula is C12H8BrClO3S. The Bertz CT molecular complexity index is 582. The quantitative estimate of drug-likeness (QED) is 0.889. The maximum Gasteiger partial charge on any atom is 0.346 e. The minimum absolute atomic E-state index is 0.256. The fraction of sp³-hybridized carbons (Fsp3) is 0.0833. The smallest absolute Gasteiger partial charge is 0.346 e. The highest BCUT2D eigenvalue weighted by Gasteiger charge is 2.08. The third-order valence-electron chi connectivity index (χ3n) is 2.20. The van der Waals surface area contributed by atoms with Crippen LogP contribution in [-0.2, 0) is 6.61 Å². The Hall–Kier alpha value is -1.04. The Balaban J connectivity index is 2.04. The van der Waals surface area contributed by atoms with Crippen LogP contribution in [0.25, 0.3) is 0 Å². The summed E-state index contributed by atoms with van der Waals surface area (Å²) < 4.78 is 6.39. The predicted octanol–water partition coefficient (Wildman–Crippen LogP) is 4.44. The van der Waals surface area contributed by atoms with Gasteiger partial charge in [0.1, 0.15) is 17.2 Å². The van der Waals surface area contributed by atoms with Crippen molar-refractivity contribution in [3.8, 4) is 5.75 Å². The molecule has 0 amide bonds. The first-order chi connectivity index (χ1) is 8.56. The summed E-state index contributed by atoms with van der Waals surface area (Å²) >= 11 is 10.5. The van der Waals surface area contributed by atoms with Crippen LogP contribution in [0.5, 0.6) is 5.75 Å². The van der Waals surface area contributed by atoms with E-state index in [9.17, 15) is 4.79 Å². The van der Waals surface area contributed by atoms with E-state index in [2.05, 4.69) is 15.9 Å². The topological polar surface area (TPSA) is 46.5 Å². The maximum atomic E-state index is 10.7. The van der Waals surface area contributed by atoms with E-state index in [4.69, 9.17) is 21.4 Å². The Kier molecular flexibility index (Phi) is 4.27. The van der Waals surface area contributed by atoms with E-state index in [1.54, 1.807) is 11.4 Å². The van der Waals surface area contributed by atoms with Gasteiger partial charge in [0.05, 0.1) is 0 Å². The lowest BCUT2D eigenvalue weighted by Gasteiger charge is -2.06. The first kappa shape index (κ1) is 13.4. The molecule has 2 aromatic rings. The van der Waals surface area contributed by atoms with Gasteiger partial charge in [-0.1, -0.05) is 33.6 Å². The lowest BCUT2D eigenvalue weighted by atomic mass is 10.2. The van der Waals surface area contributed by atoms with Crippen molar-refractivity contribution in [2.24, 2.45) is 0 Å². The molecule has 0 aliphatic rings. The number of aromatic carboxylic acids is 1. The summed E-state index contributed by atoms with van der Waals surface area (Å²) in [4.78, 5) is 11.0. The van der Waals surface area contributed by atoms with Crippen LogP contribution in [0.2, 0.25) is 5.02 Å². The van der Waals surface area contributed by atoms with Crippen LogP contribution in [-0.4, -0.2) is 11.1 Å². The van der Waals surface area contributed by atoms with Crippen molar-refractivity contribution in [1.29, 1.82) is 0 Å². The van der Waals surface area contributed by atoms with Gasteiger partial charge < -0.3 is 9.84 Å². The second-order valence-corrected chi connectivity index (χ2v) is 5.71. The van der Waals surface area contributed by atoms with Gasteiger partial charge in [0.15, 0.2) is 0 Å². The standard InChI is InChI=1S/C12H8BrClO3S/c13-8-2-1-7(10(14)3-8)5-17-9-4-11(12(15)16)18-6-9/h1-4,6H,5H2,(H,15,16). The first-order valence-electron chi connectivity index (χ1n) is 4.95. The highest BCUT2D eigenvalue weighted by molar-refractivity contribution is 9.10. The van der Waals surface area contributed by atoms with Gasteiger partial charge >= 0.3 is 5.97 Å². The highest BCUT2D eigenvalue weighted by Crippen LogP contribution is 2.25. The van der Waals surface area contributed by atoms with Gasteiger partial charge in [-0.2, -0.15) is 0 Å². The number of hydrogen-bond donors (Lipinski definition) is 1. The number of rotatable bonds is 4. The highest BCUT2D eigenvalue weighted by atomic mass is 79.9. The molecule has 0 aliphatic carbocycles. The lowest BCUT2D eigenvalue weighted by molar-refractivity contribution is 0.0702. The van der Waals surface area contributed by atoms with E-state index in [1.807, 2.05) is 12.1 Å². The zero-order valence-corrected chi connectivity index (χ0v) is 12.2. The van der Waals surface area contributed by atoms with Gasteiger partial charge in [0.25, 0.3) is 0 Å². The number of carbonyl (C=O) groups is 1. The second kappa shape index (κ2) is 5.73. The van der Waals surface area contributed by atoms with Gasteiger partial charge in [-0.3, -0.25) is 0 Å². The monoisotopic (exact) mass is 346 g/mol. The molecule has 1 aromatic carbocycles. The molecule has 94 valence electrons.